The van der Waals surface area contributed by atoms with Crippen molar-refractivity contribution in [2.75, 3.05) is 12.9 Å². The minimum absolute atomic E-state index is 0.308. The molecule has 0 atom stereocenters. The van der Waals surface area contributed by atoms with Gasteiger partial charge in [-0.15, -0.1) is 11.8 Å². The fraction of sp³-hybridized carbons (Fsp3) is 0.429. The van der Waals surface area contributed by atoms with Gasteiger partial charge in [0.1, 0.15) is 0 Å². The van der Waals surface area contributed by atoms with Crippen LogP contribution in [0.4, 0.5) is 0 Å². The van der Waals surface area contributed by atoms with Crippen LogP contribution in [0.25, 0.3) is 0 Å². The van der Waals surface area contributed by atoms with E-state index in [1.54, 1.807) is 17.8 Å². The summed E-state index contributed by atoms with van der Waals surface area (Å²) in [5, 5.41) is 9.21. The predicted octanol–water partition coefficient (Wildman–Crippen LogP) is 3.14. The number of carbonyl (C=O) groups is 1. The molecule has 0 aliphatic heterocycles. The van der Waals surface area contributed by atoms with Gasteiger partial charge in [-0.1, -0.05) is 13.0 Å². The maximum Gasteiger partial charge on any atom is 0.338 e. The molecule has 2 rings (SSSR count). The molecular formula is C14H15NO2S. The minimum atomic E-state index is -0.320. The first-order valence-corrected chi connectivity index (χ1v) is 6.92. The van der Waals surface area contributed by atoms with Gasteiger partial charge in [-0.05, 0) is 36.3 Å². The Morgan fingerprint density at radius 1 is 1.56 bits per heavy atom. The van der Waals surface area contributed by atoms with E-state index in [1.165, 1.54) is 7.11 Å². The average molecular weight is 261 g/mol. The maximum absolute atomic E-state index is 11.7. The summed E-state index contributed by atoms with van der Waals surface area (Å²) in [6, 6.07) is 8.00. The van der Waals surface area contributed by atoms with Crippen molar-refractivity contribution in [1.29, 1.82) is 5.26 Å². The third-order valence-corrected chi connectivity index (χ3v) is 4.14. The van der Waals surface area contributed by atoms with Crippen molar-refractivity contribution in [1.82, 2.24) is 0 Å². The van der Waals surface area contributed by atoms with Crippen molar-refractivity contribution in [2.24, 2.45) is 0 Å². The molecular weight excluding hydrogens is 246 g/mol. The summed E-state index contributed by atoms with van der Waals surface area (Å²) in [5.41, 5.74) is 1.30. The Bertz CT molecular complexity index is 515. The molecule has 0 aromatic heterocycles. The number of ether oxygens (including phenoxy) is 1. The van der Waals surface area contributed by atoms with E-state index < -0.39 is 0 Å². The molecule has 0 amide bonds. The second kappa shape index (κ2) is 5.03. The molecule has 1 aromatic carbocycles. The summed E-state index contributed by atoms with van der Waals surface area (Å²) in [4.78, 5) is 12.6. The zero-order chi connectivity index (χ0) is 13.2. The standard InChI is InChI=1S/C14H15NO2S/c1-3-18-12-8-10(14(9-15)6-7-14)4-5-11(12)13(16)17-2/h4-5,8H,3,6-7H2,1-2H3. The van der Waals surface area contributed by atoms with Crippen LogP contribution in [0, 0.1) is 11.3 Å². The van der Waals surface area contributed by atoms with Gasteiger partial charge in [0.05, 0.1) is 24.2 Å². The van der Waals surface area contributed by atoms with Crippen molar-refractivity contribution >= 4 is 17.7 Å². The molecule has 4 heteroatoms. The van der Waals surface area contributed by atoms with Gasteiger partial charge < -0.3 is 4.74 Å². The van der Waals surface area contributed by atoms with Crippen LogP contribution in [0.3, 0.4) is 0 Å². The zero-order valence-corrected chi connectivity index (χ0v) is 11.3. The molecule has 0 unspecified atom stereocenters. The number of nitriles is 1. The molecule has 0 saturated heterocycles. The van der Waals surface area contributed by atoms with Crippen molar-refractivity contribution in [3.8, 4) is 6.07 Å². The summed E-state index contributed by atoms with van der Waals surface area (Å²) in [6.45, 7) is 2.04. The quantitative estimate of drug-likeness (QED) is 0.617. The van der Waals surface area contributed by atoms with Gasteiger partial charge in [-0.25, -0.2) is 4.79 Å². The fourth-order valence-electron chi connectivity index (χ4n) is 1.96. The van der Waals surface area contributed by atoms with Crippen LogP contribution in [0.1, 0.15) is 35.7 Å². The second-order valence-electron chi connectivity index (χ2n) is 4.33. The van der Waals surface area contributed by atoms with Crippen molar-refractivity contribution in [3.63, 3.8) is 0 Å². The number of carbonyl (C=O) groups excluding carboxylic acids is 1. The normalized spacial score (nSPS) is 15.8. The number of nitrogens with zero attached hydrogens (tertiary/aromatic N) is 1. The Kier molecular flexibility index (Phi) is 3.63. The minimum Gasteiger partial charge on any atom is -0.465 e. The molecule has 94 valence electrons. The highest BCUT2D eigenvalue weighted by atomic mass is 32.2. The second-order valence-corrected chi connectivity index (χ2v) is 5.64. The third kappa shape index (κ3) is 2.23. The lowest BCUT2D eigenvalue weighted by Crippen LogP contribution is -2.07. The largest absolute Gasteiger partial charge is 0.465 e. The van der Waals surface area contributed by atoms with Crippen LogP contribution < -0.4 is 0 Å². The van der Waals surface area contributed by atoms with Crippen LogP contribution in [0.5, 0.6) is 0 Å². The average Bonchev–Trinajstić information content (AvgIpc) is 3.19. The summed E-state index contributed by atoms with van der Waals surface area (Å²) < 4.78 is 4.77. The van der Waals surface area contributed by atoms with E-state index in [-0.39, 0.29) is 11.4 Å². The smallest absolute Gasteiger partial charge is 0.338 e. The summed E-state index contributed by atoms with van der Waals surface area (Å²) in [5.74, 6) is 0.562. The first-order valence-electron chi connectivity index (χ1n) is 5.94. The van der Waals surface area contributed by atoms with E-state index in [4.69, 9.17) is 4.74 Å². The van der Waals surface area contributed by atoms with E-state index in [0.29, 0.717) is 5.56 Å². The monoisotopic (exact) mass is 261 g/mol. The van der Waals surface area contributed by atoms with Gasteiger partial charge in [-0.3, -0.25) is 0 Å². The van der Waals surface area contributed by atoms with Crippen LogP contribution >= 0.6 is 11.8 Å². The topological polar surface area (TPSA) is 50.1 Å². The van der Waals surface area contributed by atoms with E-state index in [0.717, 1.165) is 29.1 Å². The number of rotatable bonds is 4. The molecule has 0 heterocycles. The molecule has 1 fully saturated rings. The molecule has 1 aliphatic rings. The van der Waals surface area contributed by atoms with Crippen molar-refractivity contribution < 1.29 is 9.53 Å². The Labute approximate surface area is 111 Å². The van der Waals surface area contributed by atoms with E-state index in [9.17, 15) is 10.1 Å². The Balaban J connectivity index is 2.41. The maximum atomic E-state index is 11.7. The van der Waals surface area contributed by atoms with Gasteiger partial charge in [-0.2, -0.15) is 5.26 Å². The highest BCUT2D eigenvalue weighted by molar-refractivity contribution is 7.99. The van der Waals surface area contributed by atoms with Crippen LogP contribution in [-0.2, 0) is 10.2 Å². The fourth-order valence-corrected chi connectivity index (χ4v) is 2.79. The van der Waals surface area contributed by atoms with Gasteiger partial charge in [0.2, 0.25) is 0 Å². The van der Waals surface area contributed by atoms with Crippen molar-refractivity contribution in [2.45, 2.75) is 30.1 Å². The van der Waals surface area contributed by atoms with E-state index >= 15 is 0 Å². The number of hydrogen-bond acceptors (Lipinski definition) is 4. The van der Waals surface area contributed by atoms with Crippen molar-refractivity contribution in [3.05, 3.63) is 29.3 Å². The number of thioether (sulfide) groups is 1. The van der Waals surface area contributed by atoms with Gasteiger partial charge in [0.15, 0.2) is 0 Å². The molecule has 1 aromatic rings. The number of methoxy groups -OCH3 is 1. The molecule has 0 N–H and O–H groups in total. The number of hydrogen-bond donors (Lipinski definition) is 0. The summed E-state index contributed by atoms with van der Waals surface area (Å²) in [7, 11) is 1.38. The highest BCUT2D eigenvalue weighted by Crippen LogP contribution is 2.48. The van der Waals surface area contributed by atoms with Gasteiger partial charge >= 0.3 is 5.97 Å². The third-order valence-electron chi connectivity index (χ3n) is 3.20. The number of esters is 1. The molecule has 0 spiro atoms. The lowest BCUT2D eigenvalue weighted by atomic mass is 9.96. The molecule has 1 saturated carbocycles. The zero-order valence-electron chi connectivity index (χ0n) is 10.5. The Morgan fingerprint density at radius 3 is 2.78 bits per heavy atom. The molecule has 0 radical (unpaired) electrons. The first-order chi connectivity index (χ1) is 8.66. The van der Waals surface area contributed by atoms with Crippen LogP contribution in [0.2, 0.25) is 0 Å². The lowest BCUT2D eigenvalue weighted by molar-refractivity contribution is 0.0597. The summed E-state index contributed by atoms with van der Waals surface area (Å²) >= 11 is 1.60. The van der Waals surface area contributed by atoms with E-state index in [1.807, 2.05) is 19.1 Å². The lowest BCUT2D eigenvalue weighted by Gasteiger charge is -2.11. The van der Waals surface area contributed by atoms with E-state index in [2.05, 4.69) is 6.07 Å². The number of benzene rings is 1. The Morgan fingerprint density at radius 2 is 2.28 bits per heavy atom. The molecule has 18 heavy (non-hydrogen) atoms. The van der Waals surface area contributed by atoms with Crippen LogP contribution in [-0.4, -0.2) is 18.8 Å². The first kappa shape index (κ1) is 13.0. The Hall–Kier alpha value is -1.47. The van der Waals surface area contributed by atoms with Gasteiger partial charge in [0, 0.05) is 4.90 Å². The molecule has 0 bridgehead atoms. The van der Waals surface area contributed by atoms with Crippen LogP contribution in [0.15, 0.2) is 23.1 Å². The summed E-state index contributed by atoms with van der Waals surface area (Å²) in [6.07, 6.45) is 1.83. The highest BCUT2D eigenvalue weighted by Gasteiger charge is 2.45. The molecule has 1 aliphatic carbocycles. The SMILES string of the molecule is CCSc1cc(C2(C#N)CC2)ccc1C(=O)OC. The van der Waals surface area contributed by atoms with Gasteiger partial charge in [0.25, 0.3) is 0 Å². The molecule has 3 nitrogen and oxygen atoms in total. The predicted molar refractivity (Wildman–Crippen MR) is 70.7 cm³/mol.